The molecule has 2 aromatic rings. The number of hydrogen-bond donors (Lipinski definition) is 1. The van der Waals surface area contributed by atoms with E-state index in [4.69, 9.17) is 4.74 Å². The summed E-state index contributed by atoms with van der Waals surface area (Å²) in [6.45, 7) is 6.40. The number of methoxy groups -OCH3 is 1. The van der Waals surface area contributed by atoms with Crippen molar-refractivity contribution in [1.82, 2.24) is 0 Å². The second-order valence-corrected chi connectivity index (χ2v) is 6.83. The van der Waals surface area contributed by atoms with Crippen LogP contribution in [-0.4, -0.2) is 17.9 Å². The summed E-state index contributed by atoms with van der Waals surface area (Å²) in [7, 11) is 1.42. The molecule has 0 saturated heterocycles. The molecule has 1 N–H and O–H groups in total. The van der Waals surface area contributed by atoms with E-state index in [9.17, 15) is 14.9 Å². The van der Waals surface area contributed by atoms with Crippen LogP contribution in [0.25, 0.3) is 6.08 Å². The number of nitro groups is 1. The summed E-state index contributed by atoms with van der Waals surface area (Å²) in [6, 6.07) is 12.2. The minimum Gasteiger partial charge on any atom is -0.496 e. The van der Waals surface area contributed by atoms with Crippen LogP contribution in [0.15, 0.2) is 48.5 Å². The number of nitro benzene ring substituents is 1. The zero-order chi connectivity index (χ0) is 19.3. The van der Waals surface area contributed by atoms with Crippen molar-refractivity contribution in [3.8, 4) is 5.75 Å². The fourth-order valence-corrected chi connectivity index (χ4v) is 2.34. The number of benzene rings is 2. The van der Waals surface area contributed by atoms with Gasteiger partial charge in [-0.2, -0.15) is 0 Å². The molecule has 136 valence electrons. The van der Waals surface area contributed by atoms with Crippen LogP contribution >= 0.6 is 0 Å². The number of amides is 1. The lowest BCUT2D eigenvalue weighted by atomic mass is 9.87. The molecule has 2 aromatic carbocycles. The summed E-state index contributed by atoms with van der Waals surface area (Å²) in [6.07, 6.45) is 3.01. The van der Waals surface area contributed by atoms with Crippen LogP contribution in [0.1, 0.15) is 31.9 Å². The van der Waals surface area contributed by atoms with Crippen LogP contribution in [0.3, 0.4) is 0 Å². The lowest BCUT2D eigenvalue weighted by Gasteiger charge is -2.18. The average Bonchev–Trinajstić information content (AvgIpc) is 2.59. The van der Waals surface area contributed by atoms with E-state index in [0.29, 0.717) is 5.75 Å². The maximum atomic E-state index is 12.1. The van der Waals surface area contributed by atoms with Gasteiger partial charge in [0.2, 0.25) is 5.91 Å². The van der Waals surface area contributed by atoms with Gasteiger partial charge in [-0.25, -0.2) is 0 Å². The number of anilines is 1. The number of rotatable bonds is 5. The molecular formula is C20H22N2O4. The summed E-state index contributed by atoms with van der Waals surface area (Å²) in [5, 5.41) is 13.7. The van der Waals surface area contributed by atoms with Gasteiger partial charge in [-0.15, -0.1) is 0 Å². The second-order valence-electron chi connectivity index (χ2n) is 6.83. The van der Waals surface area contributed by atoms with Crippen LogP contribution in [0.5, 0.6) is 5.75 Å². The smallest absolute Gasteiger partial charge is 0.296 e. The van der Waals surface area contributed by atoms with E-state index in [1.807, 2.05) is 24.3 Å². The molecule has 0 aliphatic heterocycles. The quantitative estimate of drug-likeness (QED) is 0.485. The normalized spacial score (nSPS) is 11.4. The summed E-state index contributed by atoms with van der Waals surface area (Å²) in [5.74, 6) is -0.0951. The Hall–Kier alpha value is -3.15. The van der Waals surface area contributed by atoms with Crippen molar-refractivity contribution in [1.29, 1.82) is 0 Å². The largest absolute Gasteiger partial charge is 0.496 e. The number of hydrogen-bond acceptors (Lipinski definition) is 4. The zero-order valence-corrected chi connectivity index (χ0v) is 15.3. The summed E-state index contributed by atoms with van der Waals surface area (Å²) in [4.78, 5) is 22.7. The maximum absolute atomic E-state index is 12.1. The third-order valence-corrected chi connectivity index (χ3v) is 3.86. The summed E-state index contributed by atoms with van der Waals surface area (Å²) < 4.78 is 4.97. The number of nitrogens with zero attached hydrogens (tertiary/aromatic N) is 1. The van der Waals surface area contributed by atoms with Crippen molar-refractivity contribution in [3.63, 3.8) is 0 Å². The first-order chi connectivity index (χ1) is 12.2. The molecule has 0 aromatic heterocycles. The molecule has 0 fully saturated rings. The third-order valence-electron chi connectivity index (χ3n) is 3.86. The van der Waals surface area contributed by atoms with Crippen LogP contribution in [0.2, 0.25) is 0 Å². The molecule has 0 radical (unpaired) electrons. The van der Waals surface area contributed by atoms with Gasteiger partial charge in [0.1, 0.15) is 11.4 Å². The number of nitrogens with one attached hydrogen (secondary N) is 1. The Morgan fingerprint density at radius 1 is 1.15 bits per heavy atom. The van der Waals surface area contributed by atoms with Crippen LogP contribution in [0.4, 0.5) is 11.4 Å². The minimum atomic E-state index is -0.562. The standard InChI is InChI=1S/C20H22N2O4/c1-20(2,3)15-8-5-14(6-9-15)7-12-19(23)21-17-11-10-16(26-4)13-18(17)22(24)25/h5-13H,1-4H3,(H,21,23)/b12-7+. The Labute approximate surface area is 152 Å². The van der Waals surface area contributed by atoms with Gasteiger partial charge >= 0.3 is 0 Å². The van der Waals surface area contributed by atoms with E-state index >= 15 is 0 Å². The molecule has 0 heterocycles. The first-order valence-corrected chi connectivity index (χ1v) is 8.13. The summed E-state index contributed by atoms with van der Waals surface area (Å²) in [5.41, 5.74) is 2.03. The highest BCUT2D eigenvalue weighted by molar-refractivity contribution is 6.03. The fraction of sp³-hybridized carbons (Fsp3) is 0.250. The van der Waals surface area contributed by atoms with Gasteiger partial charge in [0.25, 0.3) is 5.69 Å². The first kappa shape index (κ1) is 19.2. The van der Waals surface area contributed by atoms with Gasteiger partial charge in [0.05, 0.1) is 18.1 Å². The third kappa shape index (κ3) is 4.92. The van der Waals surface area contributed by atoms with Crippen molar-refractivity contribution >= 4 is 23.4 Å². The van der Waals surface area contributed by atoms with Gasteiger partial charge in [0.15, 0.2) is 0 Å². The van der Waals surface area contributed by atoms with Gasteiger partial charge in [-0.3, -0.25) is 14.9 Å². The van der Waals surface area contributed by atoms with Crippen molar-refractivity contribution in [2.75, 3.05) is 12.4 Å². The van der Waals surface area contributed by atoms with Gasteiger partial charge in [-0.1, -0.05) is 45.0 Å². The second kappa shape index (κ2) is 7.82. The average molecular weight is 354 g/mol. The van der Waals surface area contributed by atoms with E-state index in [1.165, 1.54) is 30.9 Å². The monoisotopic (exact) mass is 354 g/mol. The molecule has 0 spiro atoms. The number of carbonyl (C=O) groups excluding carboxylic acids is 1. The van der Waals surface area contributed by atoms with Crippen molar-refractivity contribution < 1.29 is 14.5 Å². The van der Waals surface area contributed by atoms with Crippen molar-refractivity contribution in [2.45, 2.75) is 26.2 Å². The topological polar surface area (TPSA) is 81.5 Å². The van der Waals surface area contributed by atoms with Crippen LogP contribution < -0.4 is 10.1 Å². The van der Waals surface area contributed by atoms with Gasteiger partial charge < -0.3 is 10.1 Å². The highest BCUT2D eigenvalue weighted by Gasteiger charge is 2.16. The molecule has 6 nitrogen and oxygen atoms in total. The van der Waals surface area contributed by atoms with Crippen molar-refractivity contribution in [3.05, 3.63) is 69.8 Å². The first-order valence-electron chi connectivity index (χ1n) is 8.13. The fourth-order valence-electron chi connectivity index (χ4n) is 2.34. The number of ether oxygens (including phenoxy) is 1. The molecule has 26 heavy (non-hydrogen) atoms. The predicted octanol–water partition coefficient (Wildman–Crippen LogP) is 4.55. The Kier molecular flexibility index (Phi) is 5.77. The Morgan fingerprint density at radius 2 is 1.81 bits per heavy atom. The minimum absolute atomic E-state index is 0.0624. The van der Waals surface area contributed by atoms with E-state index in [2.05, 4.69) is 26.1 Å². The SMILES string of the molecule is COc1ccc(NC(=O)/C=C/c2ccc(C(C)(C)C)cc2)c([N+](=O)[O-])c1. The molecule has 2 rings (SSSR count). The summed E-state index contributed by atoms with van der Waals surface area (Å²) >= 11 is 0. The highest BCUT2D eigenvalue weighted by atomic mass is 16.6. The van der Waals surface area contributed by atoms with E-state index < -0.39 is 10.8 Å². The molecule has 0 bridgehead atoms. The molecular weight excluding hydrogens is 332 g/mol. The van der Waals surface area contributed by atoms with E-state index in [-0.39, 0.29) is 16.8 Å². The maximum Gasteiger partial charge on any atom is 0.296 e. The van der Waals surface area contributed by atoms with Crippen molar-refractivity contribution in [2.24, 2.45) is 0 Å². The van der Waals surface area contributed by atoms with Gasteiger partial charge in [-0.05, 0) is 34.8 Å². The van der Waals surface area contributed by atoms with E-state index in [1.54, 1.807) is 12.1 Å². The van der Waals surface area contributed by atoms with Gasteiger partial charge in [0, 0.05) is 6.08 Å². The highest BCUT2D eigenvalue weighted by Crippen LogP contribution is 2.29. The predicted molar refractivity (Wildman–Crippen MR) is 102 cm³/mol. The zero-order valence-electron chi connectivity index (χ0n) is 15.3. The van der Waals surface area contributed by atoms with Crippen LogP contribution in [-0.2, 0) is 10.2 Å². The lowest BCUT2D eigenvalue weighted by molar-refractivity contribution is -0.384. The molecule has 6 heteroatoms. The molecule has 0 saturated carbocycles. The molecule has 0 atom stereocenters. The number of carbonyl (C=O) groups is 1. The van der Waals surface area contributed by atoms with Crippen LogP contribution in [0, 0.1) is 10.1 Å². The van der Waals surface area contributed by atoms with E-state index in [0.717, 1.165) is 5.56 Å². The Bertz CT molecular complexity index is 834. The molecule has 0 aliphatic rings. The lowest BCUT2D eigenvalue weighted by Crippen LogP contribution is -2.10. The molecule has 0 aliphatic carbocycles. The Morgan fingerprint density at radius 3 is 2.35 bits per heavy atom. The molecule has 0 unspecified atom stereocenters. The molecule has 1 amide bonds. The Balaban J connectivity index is 2.11.